The van der Waals surface area contributed by atoms with Crippen LogP contribution in [-0.2, 0) is 0 Å². The van der Waals surface area contributed by atoms with Crippen molar-refractivity contribution < 1.29 is 18.8 Å². The molecule has 1 aromatic heterocycles. The third-order valence-electron chi connectivity index (χ3n) is 4.24. The van der Waals surface area contributed by atoms with E-state index >= 15 is 0 Å². The van der Waals surface area contributed by atoms with Gasteiger partial charge in [0, 0.05) is 44.7 Å². The number of carbonyl (C=O) groups excluding carboxylic acids is 1. The molecule has 1 N–H and O–H groups in total. The molecule has 2 aromatic rings. The highest BCUT2D eigenvalue weighted by atomic mass is 19.1. The average Bonchev–Trinajstić information content (AvgIpc) is 2.62. The van der Waals surface area contributed by atoms with E-state index in [1.165, 1.54) is 6.07 Å². The van der Waals surface area contributed by atoms with Gasteiger partial charge in [0.2, 0.25) is 5.88 Å². The second kappa shape index (κ2) is 8.13. The van der Waals surface area contributed by atoms with Gasteiger partial charge in [0.05, 0.1) is 11.0 Å². The van der Waals surface area contributed by atoms with Crippen LogP contribution in [0.15, 0.2) is 30.6 Å². The van der Waals surface area contributed by atoms with Gasteiger partial charge in [0.15, 0.2) is 11.6 Å². The summed E-state index contributed by atoms with van der Waals surface area (Å²) in [5.41, 5.74) is -0.388. The fraction of sp³-hybridized carbons (Fsp3) is 0.353. The molecule has 10 nitrogen and oxygen atoms in total. The largest absolute Gasteiger partial charge is 0.436 e. The van der Waals surface area contributed by atoms with Crippen molar-refractivity contribution in [2.45, 2.75) is 0 Å². The van der Waals surface area contributed by atoms with E-state index in [1.54, 1.807) is 11.9 Å². The van der Waals surface area contributed by atoms with Crippen LogP contribution in [0.3, 0.4) is 0 Å². The first-order chi connectivity index (χ1) is 13.3. The van der Waals surface area contributed by atoms with E-state index in [9.17, 15) is 19.3 Å². The van der Waals surface area contributed by atoms with Crippen molar-refractivity contribution in [2.24, 2.45) is 5.92 Å². The molecule has 28 heavy (non-hydrogen) atoms. The van der Waals surface area contributed by atoms with Crippen LogP contribution in [0.1, 0.15) is 0 Å². The molecule has 1 fully saturated rings. The Morgan fingerprint density at radius 2 is 2.18 bits per heavy atom. The molecule has 3 rings (SSSR count). The fourth-order valence-electron chi connectivity index (χ4n) is 2.88. The lowest BCUT2D eigenvalue weighted by Gasteiger charge is -2.38. The highest BCUT2D eigenvalue weighted by molar-refractivity contribution is 5.88. The SMILES string of the molecule is CN1CC(CN(C)C(=O)Nc2cc(Oc3ccc([N+](=O)[O-])cc3F)ncn2)C1. The number of ether oxygens (including phenoxy) is 1. The molecule has 148 valence electrons. The molecule has 11 heteroatoms. The molecule has 0 radical (unpaired) electrons. The molecule has 0 unspecified atom stereocenters. The number of urea groups is 1. The molecule has 1 aliphatic heterocycles. The van der Waals surface area contributed by atoms with Crippen molar-refractivity contribution in [2.75, 3.05) is 39.0 Å². The number of nitro benzene ring substituents is 1. The standard InChI is InChI=1S/C17H19FN6O4/c1-22-7-11(8-22)9-23(2)17(25)21-15-6-16(20-10-19-15)28-14-4-3-12(24(26)27)5-13(14)18/h3-6,10-11H,7-9H2,1-2H3,(H,19,20,21,25). The molecule has 0 aliphatic carbocycles. The molecule has 1 aromatic carbocycles. The molecule has 0 saturated carbocycles. The number of non-ortho nitro benzene ring substituents is 1. The lowest BCUT2D eigenvalue weighted by molar-refractivity contribution is -0.385. The van der Waals surface area contributed by atoms with Crippen LogP contribution in [0.5, 0.6) is 11.6 Å². The highest BCUT2D eigenvalue weighted by Crippen LogP contribution is 2.27. The zero-order valence-electron chi connectivity index (χ0n) is 15.3. The van der Waals surface area contributed by atoms with Crippen LogP contribution in [0.2, 0.25) is 0 Å². The number of hydrogen-bond acceptors (Lipinski definition) is 7. The molecule has 1 saturated heterocycles. The minimum Gasteiger partial charge on any atom is -0.436 e. The normalized spacial score (nSPS) is 14.2. The number of nitrogens with one attached hydrogen (secondary N) is 1. The maximum Gasteiger partial charge on any atom is 0.322 e. The lowest BCUT2D eigenvalue weighted by Crippen LogP contribution is -2.50. The Morgan fingerprint density at radius 3 is 2.82 bits per heavy atom. The van der Waals surface area contributed by atoms with E-state index < -0.39 is 10.7 Å². The van der Waals surface area contributed by atoms with Gasteiger partial charge in [-0.1, -0.05) is 0 Å². The zero-order chi connectivity index (χ0) is 20.3. The first-order valence-corrected chi connectivity index (χ1v) is 8.46. The fourth-order valence-corrected chi connectivity index (χ4v) is 2.88. The first-order valence-electron chi connectivity index (χ1n) is 8.46. The maximum absolute atomic E-state index is 13.9. The number of nitrogens with zero attached hydrogens (tertiary/aromatic N) is 5. The van der Waals surface area contributed by atoms with Crippen molar-refractivity contribution in [1.82, 2.24) is 19.8 Å². The Kier molecular flexibility index (Phi) is 5.64. The monoisotopic (exact) mass is 390 g/mol. The number of carbonyl (C=O) groups is 1. The Labute approximate surface area is 160 Å². The first kappa shape index (κ1) is 19.4. The van der Waals surface area contributed by atoms with Gasteiger partial charge in [-0.3, -0.25) is 15.4 Å². The van der Waals surface area contributed by atoms with Gasteiger partial charge in [0.1, 0.15) is 12.1 Å². The van der Waals surface area contributed by atoms with Gasteiger partial charge in [-0.05, 0) is 13.1 Å². The van der Waals surface area contributed by atoms with Gasteiger partial charge in [0.25, 0.3) is 5.69 Å². The number of amides is 2. The predicted octanol–water partition coefficient (Wildman–Crippen LogP) is 2.34. The van der Waals surface area contributed by atoms with Crippen molar-refractivity contribution in [1.29, 1.82) is 0 Å². The molecular formula is C17H19FN6O4. The Bertz CT molecular complexity index is 890. The van der Waals surface area contributed by atoms with Crippen molar-refractivity contribution in [3.05, 3.63) is 46.5 Å². The van der Waals surface area contributed by atoms with Gasteiger partial charge in [-0.25, -0.2) is 19.2 Å². The predicted molar refractivity (Wildman–Crippen MR) is 97.8 cm³/mol. The van der Waals surface area contributed by atoms with Gasteiger partial charge in [-0.2, -0.15) is 0 Å². The number of aromatic nitrogens is 2. The van der Waals surface area contributed by atoms with E-state index in [2.05, 4.69) is 20.2 Å². The second-order valence-electron chi connectivity index (χ2n) is 6.61. The third kappa shape index (κ3) is 4.68. The van der Waals surface area contributed by atoms with E-state index in [0.29, 0.717) is 12.5 Å². The summed E-state index contributed by atoms with van der Waals surface area (Å²) in [5.74, 6) is -0.511. The molecule has 0 bridgehead atoms. The van der Waals surface area contributed by atoms with E-state index in [-0.39, 0.29) is 29.2 Å². The summed E-state index contributed by atoms with van der Waals surface area (Å²) in [6, 6.07) is 4.02. The smallest absolute Gasteiger partial charge is 0.322 e. The van der Waals surface area contributed by atoms with Crippen LogP contribution in [-0.4, -0.2) is 64.5 Å². The number of halogens is 1. The Balaban J connectivity index is 1.62. The van der Waals surface area contributed by atoms with E-state index in [0.717, 1.165) is 37.6 Å². The molecule has 0 atom stereocenters. The van der Waals surface area contributed by atoms with Gasteiger partial charge < -0.3 is 14.5 Å². The third-order valence-corrected chi connectivity index (χ3v) is 4.24. The molecule has 2 amide bonds. The number of rotatable bonds is 6. The maximum atomic E-state index is 13.9. The number of benzene rings is 1. The lowest BCUT2D eigenvalue weighted by atomic mass is 10.0. The molecule has 1 aliphatic rings. The van der Waals surface area contributed by atoms with Crippen molar-refractivity contribution in [3.8, 4) is 11.6 Å². The summed E-state index contributed by atoms with van der Waals surface area (Å²) >= 11 is 0. The summed E-state index contributed by atoms with van der Waals surface area (Å²) < 4.78 is 19.3. The summed E-state index contributed by atoms with van der Waals surface area (Å²) in [7, 11) is 3.71. The van der Waals surface area contributed by atoms with Crippen LogP contribution in [0.25, 0.3) is 0 Å². The Hall–Kier alpha value is -3.34. The zero-order valence-corrected chi connectivity index (χ0v) is 15.3. The summed E-state index contributed by atoms with van der Waals surface area (Å²) in [6.45, 7) is 2.52. The van der Waals surface area contributed by atoms with Gasteiger partial charge in [-0.15, -0.1) is 0 Å². The van der Waals surface area contributed by atoms with Crippen molar-refractivity contribution in [3.63, 3.8) is 0 Å². The number of anilines is 1. The Morgan fingerprint density at radius 1 is 1.43 bits per heavy atom. The molecular weight excluding hydrogens is 371 g/mol. The topological polar surface area (TPSA) is 114 Å². The van der Waals surface area contributed by atoms with E-state index in [1.807, 2.05) is 7.05 Å². The second-order valence-corrected chi connectivity index (χ2v) is 6.61. The van der Waals surface area contributed by atoms with E-state index in [4.69, 9.17) is 4.74 Å². The summed E-state index contributed by atoms with van der Waals surface area (Å²) in [6.07, 6.45) is 1.16. The van der Waals surface area contributed by atoms with Crippen LogP contribution >= 0.6 is 0 Å². The average molecular weight is 390 g/mol. The minimum absolute atomic E-state index is 0.0127. The number of hydrogen-bond donors (Lipinski definition) is 1. The molecule has 2 heterocycles. The van der Waals surface area contributed by atoms with Crippen LogP contribution in [0.4, 0.5) is 20.7 Å². The molecule has 0 spiro atoms. The van der Waals surface area contributed by atoms with Crippen LogP contribution < -0.4 is 10.1 Å². The minimum atomic E-state index is -0.899. The summed E-state index contributed by atoms with van der Waals surface area (Å²) in [4.78, 5) is 33.8. The quantitative estimate of drug-likeness (QED) is 0.595. The number of likely N-dealkylation sites (tertiary alicyclic amines) is 1. The van der Waals surface area contributed by atoms with Crippen molar-refractivity contribution >= 4 is 17.5 Å². The summed E-state index contributed by atoms with van der Waals surface area (Å²) in [5, 5.41) is 13.3. The van der Waals surface area contributed by atoms with Gasteiger partial charge >= 0.3 is 6.03 Å². The number of nitro groups is 1. The highest BCUT2D eigenvalue weighted by Gasteiger charge is 2.26. The van der Waals surface area contributed by atoms with Crippen LogP contribution in [0, 0.1) is 21.8 Å².